The number of nitrogens with one attached hydrogen (secondary N) is 4. The van der Waals surface area contributed by atoms with Gasteiger partial charge in [-0.25, -0.2) is 0 Å². The van der Waals surface area contributed by atoms with E-state index in [-0.39, 0.29) is 41.8 Å². The minimum absolute atomic E-state index is 0.0527. The molecule has 3 heterocycles. The van der Waals surface area contributed by atoms with Gasteiger partial charge in [0.15, 0.2) is 0 Å². The smallest absolute Gasteiger partial charge is 0.223 e. The number of carbonyl (C=O) groups is 1. The van der Waals surface area contributed by atoms with Crippen LogP contribution in [-0.4, -0.2) is 41.5 Å². The topological polar surface area (TPSA) is 104 Å². The van der Waals surface area contributed by atoms with Crippen LogP contribution >= 0.6 is 0 Å². The minimum atomic E-state index is -0.480. The lowest BCUT2D eigenvalue weighted by Crippen LogP contribution is -2.60. The van der Waals surface area contributed by atoms with E-state index in [0.717, 1.165) is 36.1 Å². The van der Waals surface area contributed by atoms with Gasteiger partial charge in [-0.1, -0.05) is 57.1 Å². The lowest BCUT2D eigenvalue weighted by Gasteiger charge is -2.47. The summed E-state index contributed by atoms with van der Waals surface area (Å²) in [6.07, 6.45) is 11.9. The third-order valence-electron chi connectivity index (χ3n) is 8.66. The predicted molar refractivity (Wildman–Crippen MR) is 138 cm³/mol. The Balaban J connectivity index is 1.27. The predicted octanol–water partition coefficient (Wildman–Crippen LogP) is 3.72. The molecule has 0 radical (unpaired) electrons. The van der Waals surface area contributed by atoms with E-state index >= 15 is 0 Å². The van der Waals surface area contributed by atoms with Gasteiger partial charge in [-0.15, -0.1) is 0 Å². The Morgan fingerprint density at radius 2 is 1.86 bits per heavy atom. The third-order valence-corrected chi connectivity index (χ3v) is 8.66. The normalized spacial score (nSPS) is 33.5. The molecular weight excluding hydrogens is 456 g/mol. The summed E-state index contributed by atoms with van der Waals surface area (Å²) in [4.78, 5) is 19.0. The molecule has 6 atom stereocenters. The molecule has 1 spiro atoms. The van der Waals surface area contributed by atoms with Crippen LogP contribution in [0.1, 0.15) is 108 Å². The molecule has 200 valence electrons. The highest BCUT2D eigenvalue weighted by Gasteiger charge is 2.43. The van der Waals surface area contributed by atoms with Crippen LogP contribution in [0.4, 0.5) is 0 Å². The Hall–Kier alpha value is -1.71. The Bertz CT molecular complexity index is 900. The van der Waals surface area contributed by atoms with Crippen molar-refractivity contribution in [3.05, 3.63) is 29.3 Å². The third kappa shape index (κ3) is 5.89. The summed E-state index contributed by atoms with van der Waals surface area (Å²) in [5.41, 5.74) is 5.00. The van der Waals surface area contributed by atoms with Gasteiger partial charge < -0.3 is 20.5 Å². The lowest BCUT2D eigenvalue weighted by atomic mass is 9.72. The first kappa shape index (κ1) is 25.9. The van der Waals surface area contributed by atoms with Crippen molar-refractivity contribution in [2.45, 2.75) is 121 Å². The summed E-state index contributed by atoms with van der Waals surface area (Å²) in [5, 5.41) is 21.0. The standard InChI is InChI=1S/C28H44N4O4/c1-18(33)23-14-21(16-28(31-23)12-8-6-4-3-5-7-9-13-28)27(34)30-24-17-35-25-15-20(10-11-22(24)25)26-29-19(2)36-32-26/h10-11,15,18-19,21,23-24,26,29,31-33H,3-9,12-14,16-17H2,1-2H3,(H,30,34)/t18?,19?,21?,23?,24-,26?/m1/s1. The van der Waals surface area contributed by atoms with Crippen molar-refractivity contribution in [1.82, 2.24) is 21.4 Å². The van der Waals surface area contributed by atoms with E-state index < -0.39 is 6.10 Å². The summed E-state index contributed by atoms with van der Waals surface area (Å²) in [6, 6.07) is 5.93. The molecule has 5 N–H and O–H groups in total. The van der Waals surface area contributed by atoms with Crippen molar-refractivity contribution in [2.24, 2.45) is 5.92 Å². The molecule has 4 aliphatic rings. The summed E-state index contributed by atoms with van der Waals surface area (Å²) < 4.78 is 5.99. The van der Waals surface area contributed by atoms with Gasteiger partial charge in [0.25, 0.3) is 0 Å². The summed E-state index contributed by atoms with van der Waals surface area (Å²) in [5.74, 6) is 0.796. The number of hydrogen-bond donors (Lipinski definition) is 5. The Kier molecular flexibility index (Phi) is 8.17. The second kappa shape index (κ2) is 11.4. The molecule has 1 amide bonds. The average molecular weight is 501 g/mol. The van der Waals surface area contributed by atoms with Crippen LogP contribution in [0.25, 0.3) is 0 Å². The molecule has 3 aliphatic heterocycles. The zero-order valence-electron chi connectivity index (χ0n) is 21.9. The molecule has 5 rings (SSSR count). The fraction of sp³-hybridized carbons (Fsp3) is 0.750. The average Bonchev–Trinajstić information content (AvgIpc) is 3.48. The molecule has 5 unspecified atom stereocenters. The highest BCUT2D eigenvalue weighted by Crippen LogP contribution is 2.39. The molecule has 36 heavy (non-hydrogen) atoms. The van der Waals surface area contributed by atoms with E-state index in [1.165, 1.54) is 44.9 Å². The number of fused-ring (bicyclic) bond motifs is 1. The number of aliphatic hydroxyl groups excluding tert-OH is 1. The number of rotatable bonds is 4. The van der Waals surface area contributed by atoms with Crippen molar-refractivity contribution in [1.29, 1.82) is 0 Å². The first-order valence-electron chi connectivity index (χ1n) is 14.1. The van der Waals surface area contributed by atoms with Gasteiger partial charge in [-0.3, -0.25) is 14.9 Å². The van der Waals surface area contributed by atoms with E-state index in [9.17, 15) is 9.90 Å². The molecule has 1 aliphatic carbocycles. The maximum Gasteiger partial charge on any atom is 0.223 e. The van der Waals surface area contributed by atoms with Gasteiger partial charge in [-0.05, 0) is 51.2 Å². The first-order valence-corrected chi connectivity index (χ1v) is 14.1. The van der Waals surface area contributed by atoms with E-state index in [4.69, 9.17) is 9.57 Å². The number of hydroxylamine groups is 1. The molecule has 1 aromatic rings. The van der Waals surface area contributed by atoms with E-state index in [1.54, 1.807) is 0 Å². The fourth-order valence-corrected chi connectivity index (χ4v) is 6.63. The number of benzene rings is 1. The number of carbonyl (C=O) groups excluding carboxylic acids is 1. The highest BCUT2D eigenvalue weighted by molar-refractivity contribution is 5.79. The maximum atomic E-state index is 13.6. The Morgan fingerprint density at radius 3 is 2.53 bits per heavy atom. The van der Waals surface area contributed by atoms with Crippen molar-refractivity contribution in [3.63, 3.8) is 0 Å². The zero-order chi connectivity index (χ0) is 25.1. The SMILES string of the molecule is CC1NC(c2ccc3c(c2)OC[C@H]3NC(=O)C2CC(C(C)O)NC3(CCCCCCCCC3)C2)NO1. The molecule has 8 heteroatoms. The van der Waals surface area contributed by atoms with E-state index in [1.807, 2.05) is 19.9 Å². The van der Waals surface area contributed by atoms with E-state index in [2.05, 4.69) is 33.6 Å². The number of ether oxygens (including phenoxy) is 1. The second-order valence-electron chi connectivity index (χ2n) is 11.5. The monoisotopic (exact) mass is 500 g/mol. The van der Waals surface area contributed by atoms with Gasteiger partial charge in [0.05, 0.1) is 12.1 Å². The molecule has 2 saturated heterocycles. The van der Waals surface area contributed by atoms with Crippen LogP contribution in [0, 0.1) is 5.92 Å². The van der Waals surface area contributed by atoms with Crippen LogP contribution < -0.4 is 26.2 Å². The van der Waals surface area contributed by atoms with Crippen molar-refractivity contribution in [3.8, 4) is 5.75 Å². The molecule has 0 bridgehead atoms. The van der Waals surface area contributed by atoms with Gasteiger partial charge >= 0.3 is 0 Å². The Labute approximate surface area is 215 Å². The van der Waals surface area contributed by atoms with Crippen molar-refractivity contribution < 1.29 is 19.5 Å². The van der Waals surface area contributed by atoms with E-state index in [0.29, 0.717) is 13.0 Å². The van der Waals surface area contributed by atoms with Crippen LogP contribution in [0.5, 0.6) is 5.75 Å². The lowest BCUT2D eigenvalue weighted by molar-refractivity contribution is -0.129. The van der Waals surface area contributed by atoms with Crippen molar-refractivity contribution >= 4 is 5.91 Å². The highest BCUT2D eigenvalue weighted by atomic mass is 16.7. The van der Waals surface area contributed by atoms with Crippen LogP contribution in [0.15, 0.2) is 18.2 Å². The van der Waals surface area contributed by atoms with Gasteiger partial charge in [-0.2, -0.15) is 5.48 Å². The van der Waals surface area contributed by atoms with Crippen molar-refractivity contribution in [2.75, 3.05) is 6.61 Å². The molecule has 1 aromatic carbocycles. The molecule has 8 nitrogen and oxygen atoms in total. The number of hydrogen-bond acceptors (Lipinski definition) is 7. The first-order chi connectivity index (χ1) is 17.4. The number of aliphatic hydroxyl groups is 1. The summed E-state index contributed by atoms with van der Waals surface area (Å²) >= 11 is 0. The summed E-state index contributed by atoms with van der Waals surface area (Å²) in [6.45, 7) is 4.25. The summed E-state index contributed by atoms with van der Waals surface area (Å²) in [7, 11) is 0. The Morgan fingerprint density at radius 1 is 1.14 bits per heavy atom. The molecule has 3 fully saturated rings. The molecular formula is C28H44N4O4. The fourth-order valence-electron chi connectivity index (χ4n) is 6.63. The number of piperidine rings is 1. The van der Waals surface area contributed by atoms with Crippen LogP contribution in [0.2, 0.25) is 0 Å². The second-order valence-corrected chi connectivity index (χ2v) is 11.5. The largest absolute Gasteiger partial charge is 0.491 e. The molecule has 1 saturated carbocycles. The van der Waals surface area contributed by atoms with Gasteiger partial charge in [0.2, 0.25) is 5.91 Å². The zero-order valence-corrected chi connectivity index (χ0v) is 21.9. The number of amides is 1. The van der Waals surface area contributed by atoms with Crippen LogP contribution in [0.3, 0.4) is 0 Å². The quantitative estimate of drug-likeness (QED) is 0.429. The molecule has 0 aromatic heterocycles. The van der Waals surface area contributed by atoms with Gasteiger partial charge in [0, 0.05) is 23.1 Å². The minimum Gasteiger partial charge on any atom is -0.491 e. The van der Waals surface area contributed by atoms with Crippen LogP contribution in [-0.2, 0) is 9.63 Å². The van der Waals surface area contributed by atoms with Gasteiger partial charge in [0.1, 0.15) is 24.8 Å². The maximum absolute atomic E-state index is 13.6.